The van der Waals surface area contributed by atoms with Gasteiger partial charge in [0.25, 0.3) is 0 Å². The number of nitrogens with one attached hydrogen (secondary N) is 1. The molecule has 37 heavy (non-hydrogen) atoms. The van der Waals surface area contributed by atoms with Crippen LogP contribution in [-0.4, -0.2) is 120 Å². The average Bonchev–Trinajstić information content (AvgIpc) is 3.44. The Hall–Kier alpha value is -2.21. The standard InChI is InChI=1S/C26H43N5O5S/c1-19-11-23(36-6)12-20(2)26(19)37(34,35)30(5)18-24(32)27-13-25(33)29(4)15-22-8-10-31(17-22)16-21-7-9-28(3)14-21/h11-12,21-22H,7-10,13-18H2,1-6H3,(H,27,32)/t21?,22-/m0/s1. The molecule has 1 aromatic carbocycles. The van der Waals surface area contributed by atoms with Gasteiger partial charge in [-0.05, 0) is 81.9 Å². The van der Waals surface area contributed by atoms with Gasteiger partial charge < -0.3 is 24.8 Å². The quantitative estimate of drug-likeness (QED) is 0.445. The van der Waals surface area contributed by atoms with Crippen LogP contribution >= 0.6 is 0 Å². The Morgan fingerprint density at radius 3 is 2.32 bits per heavy atom. The van der Waals surface area contributed by atoms with Gasteiger partial charge in [0.1, 0.15) is 5.75 Å². The molecule has 0 spiro atoms. The maximum absolute atomic E-state index is 13.1. The Kier molecular flexibility index (Phi) is 9.96. The first-order valence-corrected chi connectivity index (χ1v) is 14.4. The summed E-state index contributed by atoms with van der Waals surface area (Å²) in [5, 5.41) is 2.58. The fourth-order valence-corrected chi connectivity index (χ4v) is 7.03. The van der Waals surface area contributed by atoms with Crippen molar-refractivity contribution >= 4 is 21.8 Å². The fourth-order valence-electron chi connectivity index (χ4n) is 5.50. The normalized spacial score (nSPS) is 20.9. The molecule has 2 atom stereocenters. The van der Waals surface area contributed by atoms with E-state index in [1.165, 1.54) is 27.1 Å². The summed E-state index contributed by atoms with van der Waals surface area (Å²) in [6.45, 7) is 9.04. The SMILES string of the molecule is COc1cc(C)c(S(=O)(=O)N(C)CC(=O)NCC(=O)N(C)C[C@@H]2CCN(CC3CCN(C)C3)C2)c(C)c1. The van der Waals surface area contributed by atoms with Gasteiger partial charge in [-0.15, -0.1) is 0 Å². The first-order valence-electron chi connectivity index (χ1n) is 12.9. The van der Waals surface area contributed by atoms with E-state index >= 15 is 0 Å². The fraction of sp³-hybridized carbons (Fsp3) is 0.692. The smallest absolute Gasteiger partial charge is 0.243 e. The molecule has 1 aromatic rings. The topological polar surface area (TPSA) is 102 Å². The number of hydrogen-bond acceptors (Lipinski definition) is 7. The first-order chi connectivity index (χ1) is 17.4. The van der Waals surface area contributed by atoms with Gasteiger partial charge in [0, 0.05) is 40.3 Å². The zero-order valence-electron chi connectivity index (χ0n) is 23.1. The number of sulfonamides is 1. The molecule has 0 radical (unpaired) electrons. The highest BCUT2D eigenvalue weighted by Crippen LogP contribution is 2.27. The third kappa shape index (κ3) is 7.66. The number of methoxy groups -OCH3 is 1. The van der Waals surface area contributed by atoms with E-state index < -0.39 is 15.9 Å². The summed E-state index contributed by atoms with van der Waals surface area (Å²) in [4.78, 5) is 31.8. The molecule has 208 valence electrons. The van der Waals surface area contributed by atoms with Crippen molar-refractivity contribution in [2.45, 2.75) is 31.6 Å². The lowest BCUT2D eigenvalue weighted by Gasteiger charge is -2.23. The molecule has 11 heteroatoms. The van der Waals surface area contributed by atoms with Crippen molar-refractivity contribution in [2.75, 3.05) is 80.6 Å². The molecule has 3 rings (SSSR count). The van der Waals surface area contributed by atoms with E-state index in [2.05, 4.69) is 22.2 Å². The predicted molar refractivity (Wildman–Crippen MR) is 143 cm³/mol. The van der Waals surface area contributed by atoms with Crippen LogP contribution in [0.25, 0.3) is 0 Å². The highest BCUT2D eigenvalue weighted by Gasteiger charge is 2.30. The van der Waals surface area contributed by atoms with Gasteiger partial charge in [-0.3, -0.25) is 9.59 Å². The van der Waals surface area contributed by atoms with Crippen molar-refractivity contribution < 1.29 is 22.7 Å². The van der Waals surface area contributed by atoms with E-state index in [1.54, 1.807) is 37.9 Å². The molecule has 0 bridgehead atoms. The number of benzene rings is 1. The van der Waals surface area contributed by atoms with Gasteiger partial charge in [-0.25, -0.2) is 8.42 Å². The second-order valence-electron chi connectivity index (χ2n) is 10.7. The zero-order chi connectivity index (χ0) is 27.3. The summed E-state index contributed by atoms with van der Waals surface area (Å²) < 4.78 is 32.5. The number of nitrogens with zero attached hydrogens (tertiary/aromatic N) is 4. The molecule has 2 saturated heterocycles. The Morgan fingerprint density at radius 1 is 1.08 bits per heavy atom. The molecule has 2 aliphatic rings. The lowest BCUT2D eigenvalue weighted by molar-refractivity contribution is -0.132. The monoisotopic (exact) mass is 537 g/mol. The Bertz CT molecular complexity index is 1060. The summed E-state index contributed by atoms with van der Waals surface area (Å²) in [5.74, 6) is 1.03. The van der Waals surface area contributed by atoms with Gasteiger partial charge >= 0.3 is 0 Å². The number of hydrogen-bond donors (Lipinski definition) is 1. The second kappa shape index (κ2) is 12.6. The molecule has 2 aliphatic heterocycles. The molecule has 1 unspecified atom stereocenters. The van der Waals surface area contributed by atoms with Crippen LogP contribution in [0, 0.1) is 25.7 Å². The maximum atomic E-state index is 13.1. The molecule has 0 aliphatic carbocycles. The van der Waals surface area contributed by atoms with Crippen LogP contribution in [0.2, 0.25) is 0 Å². The number of aryl methyl sites for hydroxylation is 2. The Morgan fingerprint density at radius 2 is 1.73 bits per heavy atom. The molecular formula is C26H43N5O5S. The highest BCUT2D eigenvalue weighted by molar-refractivity contribution is 7.89. The highest BCUT2D eigenvalue weighted by atomic mass is 32.2. The molecule has 0 aromatic heterocycles. The predicted octanol–water partition coefficient (Wildman–Crippen LogP) is 0.781. The van der Waals surface area contributed by atoms with Crippen molar-refractivity contribution in [1.82, 2.24) is 24.3 Å². The molecule has 10 nitrogen and oxygen atoms in total. The number of amides is 2. The van der Waals surface area contributed by atoms with Gasteiger partial charge in [-0.2, -0.15) is 4.31 Å². The van der Waals surface area contributed by atoms with Gasteiger partial charge in [0.2, 0.25) is 21.8 Å². The van der Waals surface area contributed by atoms with Crippen LogP contribution in [0.3, 0.4) is 0 Å². The third-order valence-corrected chi connectivity index (χ3v) is 9.58. The van der Waals surface area contributed by atoms with Crippen LogP contribution in [0.4, 0.5) is 0 Å². The first kappa shape index (κ1) is 29.3. The zero-order valence-corrected chi connectivity index (χ0v) is 23.9. The minimum absolute atomic E-state index is 0.157. The van der Waals surface area contributed by atoms with E-state index in [1.807, 2.05) is 0 Å². The number of carbonyl (C=O) groups excluding carboxylic acids is 2. The van der Waals surface area contributed by atoms with Crippen molar-refractivity contribution in [1.29, 1.82) is 0 Å². The number of likely N-dealkylation sites (N-methyl/N-ethyl adjacent to an activating group) is 2. The molecular weight excluding hydrogens is 494 g/mol. The largest absolute Gasteiger partial charge is 0.497 e. The average molecular weight is 538 g/mol. The second-order valence-corrected chi connectivity index (χ2v) is 12.7. The summed E-state index contributed by atoms with van der Waals surface area (Å²) in [5.41, 5.74) is 1.09. The Labute approximate surface area is 222 Å². The summed E-state index contributed by atoms with van der Waals surface area (Å²) in [6, 6.07) is 3.30. The van der Waals surface area contributed by atoms with Crippen molar-refractivity contribution in [3.05, 3.63) is 23.3 Å². The maximum Gasteiger partial charge on any atom is 0.243 e. The van der Waals surface area contributed by atoms with Gasteiger partial charge in [0.15, 0.2) is 0 Å². The van der Waals surface area contributed by atoms with E-state index in [9.17, 15) is 18.0 Å². The van der Waals surface area contributed by atoms with E-state index in [4.69, 9.17) is 4.74 Å². The molecule has 2 fully saturated rings. The van der Waals surface area contributed by atoms with Crippen LogP contribution in [0.1, 0.15) is 24.0 Å². The summed E-state index contributed by atoms with van der Waals surface area (Å²) in [7, 11) is 2.92. The summed E-state index contributed by atoms with van der Waals surface area (Å²) >= 11 is 0. The van der Waals surface area contributed by atoms with Crippen LogP contribution < -0.4 is 10.1 Å². The van der Waals surface area contributed by atoms with E-state index in [-0.39, 0.29) is 23.9 Å². The summed E-state index contributed by atoms with van der Waals surface area (Å²) in [6.07, 6.45) is 2.32. The van der Waals surface area contributed by atoms with Crippen molar-refractivity contribution in [3.8, 4) is 5.75 Å². The minimum atomic E-state index is -3.89. The molecule has 2 heterocycles. The van der Waals surface area contributed by atoms with Gasteiger partial charge in [0.05, 0.1) is 25.1 Å². The van der Waals surface area contributed by atoms with Crippen LogP contribution in [-0.2, 0) is 19.6 Å². The number of rotatable bonds is 11. The van der Waals surface area contributed by atoms with Crippen molar-refractivity contribution in [3.63, 3.8) is 0 Å². The number of carbonyl (C=O) groups is 2. The minimum Gasteiger partial charge on any atom is -0.497 e. The van der Waals surface area contributed by atoms with E-state index in [0.717, 1.165) is 42.8 Å². The van der Waals surface area contributed by atoms with E-state index in [0.29, 0.717) is 29.3 Å². The van der Waals surface area contributed by atoms with Crippen LogP contribution in [0.5, 0.6) is 5.75 Å². The Balaban J connectivity index is 1.44. The lowest BCUT2D eigenvalue weighted by atomic mass is 10.1. The van der Waals surface area contributed by atoms with Crippen molar-refractivity contribution in [2.24, 2.45) is 11.8 Å². The third-order valence-electron chi connectivity index (χ3n) is 7.47. The number of ether oxygens (including phenoxy) is 1. The molecule has 1 N–H and O–H groups in total. The lowest BCUT2D eigenvalue weighted by Crippen LogP contribution is -2.44. The van der Waals surface area contributed by atoms with Crippen LogP contribution in [0.15, 0.2) is 17.0 Å². The van der Waals surface area contributed by atoms with Gasteiger partial charge in [-0.1, -0.05) is 0 Å². The molecule has 2 amide bonds. The molecule has 0 saturated carbocycles. The number of likely N-dealkylation sites (tertiary alicyclic amines) is 2.